The van der Waals surface area contributed by atoms with Crippen LogP contribution in [-0.4, -0.2) is 39.0 Å². The van der Waals surface area contributed by atoms with Crippen molar-refractivity contribution in [3.63, 3.8) is 0 Å². The fourth-order valence-corrected chi connectivity index (χ4v) is 4.20. The van der Waals surface area contributed by atoms with E-state index in [-0.39, 0.29) is 24.0 Å². The van der Waals surface area contributed by atoms with Gasteiger partial charge in [0.15, 0.2) is 0 Å². The minimum Gasteiger partial charge on any atom is -0.350 e. The molecule has 4 rings (SSSR count). The van der Waals surface area contributed by atoms with Gasteiger partial charge in [-0.3, -0.25) is 4.79 Å². The number of aryl methyl sites for hydroxylation is 1. The lowest BCUT2D eigenvalue weighted by Gasteiger charge is -2.25. The summed E-state index contributed by atoms with van der Waals surface area (Å²) in [6.07, 6.45) is 1.84. The predicted octanol–water partition coefficient (Wildman–Crippen LogP) is 4.56. The number of hydrogen-bond acceptors (Lipinski definition) is 3. The molecular weight excluding hydrogens is 390 g/mol. The maximum Gasteiger partial charge on any atom is 0.322 e. The van der Waals surface area contributed by atoms with Gasteiger partial charge >= 0.3 is 6.03 Å². The van der Waals surface area contributed by atoms with Gasteiger partial charge in [0, 0.05) is 30.4 Å². The van der Waals surface area contributed by atoms with Gasteiger partial charge < -0.3 is 20.1 Å². The maximum atomic E-state index is 13.1. The molecule has 31 heavy (non-hydrogen) atoms. The van der Waals surface area contributed by atoms with Gasteiger partial charge in [-0.2, -0.15) is 0 Å². The molecular formula is C24H29N5O2. The Labute approximate surface area is 182 Å². The number of nitrogens with zero attached hydrogens (tertiary/aromatic N) is 3. The van der Waals surface area contributed by atoms with Crippen LogP contribution in [0, 0.1) is 0 Å². The number of benzene rings is 2. The molecule has 3 amide bonds. The van der Waals surface area contributed by atoms with E-state index in [0.29, 0.717) is 17.8 Å². The predicted molar refractivity (Wildman–Crippen MR) is 122 cm³/mol. The smallest absolute Gasteiger partial charge is 0.322 e. The molecule has 1 unspecified atom stereocenters. The highest BCUT2D eigenvalue weighted by Gasteiger charge is 2.33. The SMILES string of the molecule is CCn1c(C2CCCN2C(=O)Nc2ccc(C(=O)NC(C)C)cc2)nc2ccccc21. The van der Waals surface area contributed by atoms with Crippen molar-refractivity contribution in [1.29, 1.82) is 0 Å². The van der Waals surface area contributed by atoms with Crippen LogP contribution < -0.4 is 10.6 Å². The first kappa shape index (κ1) is 20.9. The molecule has 1 aromatic heterocycles. The first-order chi connectivity index (χ1) is 15.0. The minimum atomic E-state index is -0.142. The fraction of sp³-hybridized carbons (Fsp3) is 0.375. The zero-order valence-electron chi connectivity index (χ0n) is 18.3. The summed E-state index contributed by atoms with van der Waals surface area (Å²) in [5.41, 5.74) is 3.30. The van der Waals surface area contributed by atoms with Crippen LogP contribution in [0.5, 0.6) is 0 Å². The number of likely N-dealkylation sites (tertiary alicyclic amines) is 1. The van der Waals surface area contributed by atoms with Gasteiger partial charge in [0.2, 0.25) is 0 Å². The van der Waals surface area contributed by atoms with E-state index >= 15 is 0 Å². The molecule has 2 aromatic carbocycles. The number of rotatable bonds is 5. The molecule has 2 heterocycles. The number of carbonyl (C=O) groups is 2. The summed E-state index contributed by atoms with van der Waals surface area (Å²) in [6.45, 7) is 7.45. The first-order valence-electron chi connectivity index (χ1n) is 10.9. The summed E-state index contributed by atoms with van der Waals surface area (Å²) in [5, 5.41) is 5.85. The molecule has 1 saturated heterocycles. The first-order valence-corrected chi connectivity index (χ1v) is 10.9. The van der Waals surface area contributed by atoms with Crippen LogP contribution in [0.2, 0.25) is 0 Å². The second-order valence-electron chi connectivity index (χ2n) is 8.19. The third-order valence-electron chi connectivity index (χ3n) is 5.63. The lowest BCUT2D eigenvalue weighted by Crippen LogP contribution is -2.35. The van der Waals surface area contributed by atoms with Gasteiger partial charge in [0.05, 0.1) is 17.1 Å². The number of amides is 3. The van der Waals surface area contributed by atoms with Crippen LogP contribution in [-0.2, 0) is 6.54 Å². The average Bonchev–Trinajstić information content (AvgIpc) is 3.38. The molecule has 1 fully saturated rings. The van der Waals surface area contributed by atoms with Crippen LogP contribution in [0.4, 0.5) is 10.5 Å². The van der Waals surface area contributed by atoms with Crippen molar-refractivity contribution in [2.45, 2.75) is 52.2 Å². The molecule has 0 bridgehead atoms. The quantitative estimate of drug-likeness (QED) is 0.636. The molecule has 1 aliphatic rings. The Morgan fingerprint density at radius 2 is 1.87 bits per heavy atom. The van der Waals surface area contributed by atoms with Crippen LogP contribution in [0.1, 0.15) is 55.8 Å². The van der Waals surface area contributed by atoms with Gasteiger partial charge in [-0.25, -0.2) is 9.78 Å². The maximum absolute atomic E-state index is 13.1. The van der Waals surface area contributed by atoms with Gasteiger partial charge in [-0.05, 0) is 70.0 Å². The Bertz CT molecular complexity index is 1090. The number of imidazole rings is 1. The number of fused-ring (bicyclic) bond motifs is 1. The largest absolute Gasteiger partial charge is 0.350 e. The number of urea groups is 1. The van der Waals surface area contributed by atoms with E-state index in [2.05, 4.69) is 28.2 Å². The zero-order chi connectivity index (χ0) is 22.0. The highest BCUT2D eigenvalue weighted by atomic mass is 16.2. The molecule has 3 aromatic rings. The summed E-state index contributed by atoms with van der Waals surface area (Å²) in [6, 6.07) is 15.0. The lowest BCUT2D eigenvalue weighted by molar-refractivity contribution is 0.0943. The van der Waals surface area contributed by atoms with E-state index in [1.807, 2.05) is 36.9 Å². The number of anilines is 1. The molecule has 162 valence electrons. The summed E-state index contributed by atoms with van der Waals surface area (Å²) in [7, 11) is 0. The number of hydrogen-bond donors (Lipinski definition) is 2. The molecule has 0 spiro atoms. The topological polar surface area (TPSA) is 79.3 Å². The normalized spacial score (nSPS) is 16.1. The molecule has 0 saturated carbocycles. The van der Waals surface area contributed by atoms with Crippen LogP contribution >= 0.6 is 0 Å². The second kappa shape index (κ2) is 8.79. The highest BCUT2D eigenvalue weighted by Crippen LogP contribution is 2.33. The number of carbonyl (C=O) groups excluding carboxylic acids is 2. The van der Waals surface area contributed by atoms with Crippen molar-refractivity contribution >= 4 is 28.7 Å². The van der Waals surface area contributed by atoms with E-state index in [1.165, 1.54) is 0 Å². The second-order valence-corrected chi connectivity index (χ2v) is 8.19. The molecule has 1 atom stereocenters. The fourth-order valence-electron chi connectivity index (χ4n) is 4.20. The van der Waals surface area contributed by atoms with Gasteiger partial charge in [0.1, 0.15) is 5.82 Å². The highest BCUT2D eigenvalue weighted by molar-refractivity contribution is 5.95. The van der Waals surface area contributed by atoms with Crippen molar-refractivity contribution in [2.75, 3.05) is 11.9 Å². The van der Waals surface area contributed by atoms with Crippen molar-refractivity contribution in [1.82, 2.24) is 19.8 Å². The van der Waals surface area contributed by atoms with Crippen LogP contribution in [0.15, 0.2) is 48.5 Å². The van der Waals surface area contributed by atoms with E-state index in [0.717, 1.165) is 36.2 Å². The monoisotopic (exact) mass is 419 g/mol. The summed E-state index contributed by atoms with van der Waals surface area (Å²) in [5.74, 6) is 0.822. The number of para-hydroxylation sites is 2. The zero-order valence-corrected chi connectivity index (χ0v) is 18.3. The third kappa shape index (κ3) is 4.26. The van der Waals surface area contributed by atoms with Gasteiger partial charge in [-0.15, -0.1) is 0 Å². The molecule has 0 radical (unpaired) electrons. The average molecular weight is 420 g/mol. The Morgan fingerprint density at radius 3 is 2.58 bits per heavy atom. The van der Waals surface area contributed by atoms with Crippen molar-refractivity contribution < 1.29 is 9.59 Å². The molecule has 2 N–H and O–H groups in total. The summed E-state index contributed by atoms with van der Waals surface area (Å²) >= 11 is 0. The number of nitrogens with one attached hydrogen (secondary N) is 2. The van der Waals surface area contributed by atoms with Crippen LogP contribution in [0.3, 0.4) is 0 Å². The molecule has 1 aliphatic heterocycles. The molecule has 7 nitrogen and oxygen atoms in total. The van der Waals surface area contributed by atoms with Gasteiger partial charge in [-0.1, -0.05) is 12.1 Å². The number of aromatic nitrogens is 2. The van der Waals surface area contributed by atoms with Gasteiger partial charge in [0.25, 0.3) is 5.91 Å². The Morgan fingerprint density at radius 1 is 1.13 bits per heavy atom. The van der Waals surface area contributed by atoms with E-state index < -0.39 is 0 Å². The van der Waals surface area contributed by atoms with Crippen molar-refractivity contribution in [3.8, 4) is 0 Å². The van der Waals surface area contributed by atoms with Crippen molar-refractivity contribution in [2.24, 2.45) is 0 Å². The molecule has 7 heteroatoms. The Hall–Kier alpha value is -3.35. The standard InChI is InChI=1S/C24H29N5O2/c1-4-28-20-9-6-5-8-19(20)27-22(28)21-10-7-15-29(21)24(31)26-18-13-11-17(12-14-18)23(30)25-16(2)3/h5-6,8-9,11-14,16,21H,4,7,10,15H2,1-3H3,(H,25,30)(H,26,31). The van der Waals surface area contributed by atoms with E-state index in [9.17, 15) is 9.59 Å². The third-order valence-corrected chi connectivity index (χ3v) is 5.63. The molecule has 0 aliphatic carbocycles. The summed E-state index contributed by atoms with van der Waals surface area (Å²) in [4.78, 5) is 31.9. The lowest BCUT2D eigenvalue weighted by atomic mass is 10.2. The van der Waals surface area contributed by atoms with E-state index in [1.54, 1.807) is 24.3 Å². The Kier molecular flexibility index (Phi) is 5.93. The summed E-state index contributed by atoms with van der Waals surface area (Å²) < 4.78 is 2.20. The van der Waals surface area contributed by atoms with Crippen LogP contribution in [0.25, 0.3) is 11.0 Å². The van der Waals surface area contributed by atoms with Crippen molar-refractivity contribution in [3.05, 3.63) is 59.9 Å². The Balaban J connectivity index is 1.51. The van der Waals surface area contributed by atoms with E-state index in [4.69, 9.17) is 4.98 Å². The minimum absolute atomic E-state index is 0.0524.